The van der Waals surface area contributed by atoms with Crippen LogP contribution in [0.3, 0.4) is 0 Å². The van der Waals surface area contributed by atoms with Gasteiger partial charge in [0.2, 0.25) is 0 Å². The minimum atomic E-state index is 0.322. The zero-order valence-electron chi connectivity index (χ0n) is 10.8. The van der Waals surface area contributed by atoms with Gasteiger partial charge in [-0.05, 0) is 19.8 Å². The van der Waals surface area contributed by atoms with Gasteiger partial charge in [0, 0.05) is 12.2 Å². The zero-order valence-corrected chi connectivity index (χ0v) is 11.6. The van der Waals surface area contributed by atoms with E-state index in [2.05, 4.69) is 36.1 Å². The van der Waals surface area contributed by atoms with E-state index < -0.39 is 0 Å². The van der Waals surface area contributed by atoms with Crippen LogP contribution in [0.5, 0.6) is 0 Å². The molecule has 0 radical (unpaired) electrons. The van der Waals surface area contributed by atoms with Crippen molar-refractivity contribution in [3.05, 3.63) is 17.6 Å². The minimum Gasteiger partial charge on any atom is -0.389 e. The highest BCUT2D eigenvalue weighted by atomic mass is 32.1. The molecule has 0 aliphatic heterocycles. The number of aromatic nitrogens is 2. The van der Waals surface area contributed by atoms with Crippen LogP contribution in [0, 0.1) is 12.8 Å². The van der Waals surface area contributed by atoms with E-state index in [-0.39, 0.29) is 0 Å². The lowest BCUT2D eigenvalue weighted by Gasteiger charge is -2.21. The maximum atomic E-state index is 5.66. The van der Waals surface area contributed by atoms with Crippen molar-refractivity contribution in [3.8, 4) is 0 Å². The smallest absolute Gasteiger partial charge is 0.140 e. The van der Waals surface area contributed by atoms with E-state index in [1.165, 1.54) is 0 Å². The number of anilines is 1. The number of nitrogens with two attached hydrogens (primary N) is 1. The number of hydrogen-bond donors (Lipinski definition) is 2. The number of thiocarbonyl (C=S) groups is 1. The number of nitrogens with zero attached hydrogens (tertiary/aromatic N) is 2. The largest absolute Gasteiger partial charge is 0.389 e. The third kappa shape index (κ3) is 3.63. The van der Waals surface area contributed by atoms with Gasteiger partial charge in [0.15, 0.2) is 0 Å². The van der Waals surface area contributed by atoms with Crippen LogP contribution >= 0.6 is 12.2 Å². The van der Waals surface area contributed by atoms with Crippen molar-refractivity contribution in [3.63, 3.8) is 0 Å². The predicted molar refractivity (Wildman–Crippen MR) is 75.2 cm³/mol. The molecule has 0 aromatic carbocycles. The molecule has 2 atom stereocenters. The maximum Gasteiger partial charge on any atom is 0.140 e. The first-order valence-corrected chi connectivity index (χ1v) is 6.26. The fourth-order valence-corrected chi connectivity index (χ4v) is 1.62. The standard InChI is InChI=1S/C12H20N4S/c1-5-7(2)8(3)15-12-10(11(13)17)6-14-9(4)16-12/h6-8H,5H2,1-4H3,(H2,13,17)(H,14,15,16). The molecule has 4 nitrogen and oxygen atoms in total. The third-order valence-electron chi connectivity index (χ3n) is 3.04. The summed E-state index contributed by atoms with van der Waals surface area (Å²) in [6, 6.07) is 0.322. The Labute approximate surface area is 108 Å². The Morgan fingerprint density at radius 1 is 1.53 bits per heavy atom. The highest BCUT2D eigenvalue weighted by molar-refractivity contribution is 7.80. The molecular formula is C12H20N4S. The Balaban J connectivity index is 2.96. The van der Waals surface area contributed by atoms with Crippen molar-refractivity contribution >= 4 is 23.0 Å². The molecule has 3 N–H and O–H groups in total. The van der Waals surface area contributed by atoms with E-state index in [1.807, 2.05) is 6.92 Å². The molecule has 0 spiro atoms. The second kappa shape index (κ2) is 5.91. The van der Waals surface area contributed by atoms with Gasteiger partial charge in [-0.2, -0.15) is 0 Å². The monoisotopic (exact) mass is 252 g/mol. The Morgan fingerprint density at radius 2 is 2.18 bits per heavy atom. The average molecular weight is 252 g/mol. The van der Waals surface area contributed by atoms with Crippen LogP contribution in [0.4, 0.5) is 5.82 Å². The molecule has 0 saturated carbocycles. The first-order valence-electron chi connectivity index (χ1n) is 5.85. The van der Waals surface area contributed by atoms with Crippen LogP contribution < -0.4 is 11.1 Å². The van der Waals surface area contributed by atoms with Gasteiger partial charge in [0.05, 0.1) is 5.56 Å². The fraction of sp³-hybridized carbons (Fsp3) is 0.583. The van der Waals surface area contributed by atoms with E-state index in [4.69, 9.17) is 18.0 Å². The Hall–Kier alpha value is -1.23. The van der Waals surface area contributed by atoms with Crippen LogP contribution in [-0.2, 0) is 0 Å². The van der Waals surface area contributed by atoms with Crippen molar-refractivity contribution in [2.45, 2.75) is 40.2 Å². The molecule has 1 rings (SSSR count). The number of nitrogens with one attached hydrogen (secondary N) is 1. The molecule has 1 heterocycles. The summed E-state index contributed by atoms with van der Waals surface area (Å²) in [5.74, 6) is 2.01. The molecule has 2 unspecified atom stereocenters. The average Bonchev–Trinajstić information content (AvgIpc) is 2.27. The first kappa shape index (κ1) is 13.8. The third-order valence-corrected chi connectivity index (χ3v) is 3.26. The summed E-state index contributed by atoms with van der Waals surface area (Å²) in [7, 11) is 0. The molecule has 5 heteroatoms. The maximum absolute atomic E-state index is 5.66. The minimum absolute atomic E-state index is 0.322. The molecule has 0 bridgehead atoms. The van der Waals surface area contributed by atoms with Crippen LogP contribution in [-0.4, -0.2) is 21.0 Å². The van der Waals surface area contributed by atoms with Gasteiger partial charge in [0.1, 0.15) is 16.6 Å². The van der Waals surface area contributed by atoms with Gasteiger partial charge in [0.25, 0.3) is 0 Å². The lowest BCUT2D eigenvalue weighted by Crippen LogP contribution is -2.26. The first-order chi connectivity index (χ1) is 7.95. The summed E-state index contributed by atoms with van der Waals surface area (Å²) in [5, 5.41) is 3.36. The summed E-state index contributed by atoms with van der Waals surface area (Å²) in [6.07, 6.45) is 2.79. The molecule has 0 fully saturated rings. The Bertz CT molecular complexity index is 405. The van der Waals surface area contributed by atoms with Gasteiger partial charge in [-0.15, -0.1) is 0 Å². The highest BCUT2D eigenvalue weighted by Crippen LogP contribution is 2.17. The molecule has 0 aliphatic rings. The molecule has 17 heavy (non-hydrogen) atoms. The number of rotatable bonds is 5. The number of hydrogen-bond acceptors (Lipinski definition) is 4. The van der Waals surface area contributed by atoms with Crippen molar-refractivity contribution in [2.24, 2.45) is 11.7 Å². The van der Waals surface area contributed by atoms with Crippen molar-refractivity contribution < 1.29 is 0 Å². The Kier molecular flexibility index (Phi) is 4.81. The van der Waals surface area contributed by atoms with Gasteiger partial charge in [-0.1, -0.05) is 32.5 Å². The molecule has 0 amide bonds. The summed E-state index contributed by atoms with van der Waals surface area (Å²) in [4.78, 5) is 8.80. The van der Waals surface area contributed by atoms with Gasteiger partial charge in [-0.3, -0.25) is 0 Å². The van der Waals surface area contributed by atoms with E-state index in [0.717, 1.165) is 12.2 Å². The van der Waals surface area contributed by atoms with E-state index in [1.54, 1.807) is 6.20 Å². The van der Waals surface area contributed by atoms with Crippen molar-refractivity contribution in [1.29, 1.82) is 0 Å². The quantitative estimate of drug-likeness (QED) is 0.787. The van der Waals surface area contributed by atoms with Gasteiger partial charge < -0.3 is 11.1 Å². The van der Waals surface area contributed by atoms with Gasteiger partial charge in [-0.25, -0.2) is 9.97 Å². The molecule has 94 valence electrons. The zero-order chi connectivity index (χ0) is 13.0. The fourth-order valence-electron chi connectivity index (χ4n) is 1.47. The van der Waals surface area contributed by atoms with E-state index >= 15 is 0 Å². The molecule has 0 saturated heterocycles. The van der Waals surface area contributed by atoms with Gasteiger partial charge >= 0.3 is 0 Å². The van der Waals surface area contributed by atoms with Crippen LogP contribution in [0.2, 0.25) is 0 Å². The second-order valence-corrected chi connectivity index (χ2v) is 4.80. The highest BCUT2D eigenvalue weighted by Gasteiger charge is 2.14. The van der Waals surface area contributed by atoms with E-state index in [9.17, 15) is 0 Å². The summed E-state index contributed by atoms with van der Waals surface area (Å²) < 4.78 is 0. The topological polar surface area (TPSA) is 63.8 Å². The summed E-state index contributed by atoms with van der Waals surface area (Å²) in [5.41, 5.74) is 6.37. The lowest BCUT2D eigenvalue weighted by atomic mass is 10.0. The SMILES string of the molecule is CCC(C)C(C)Nc1nc(C)ncc1C(N)=S. The summed E-state index contributed by atoms with van der Waals surface area (Å²) >= 11 is 5.00. The van der Waals surface area contributed by atoms with Crippen LogP contribution in [0.25, 0.3) is 0 Å². The predicted octanol–water partition coefficient (Wildman–Crippen LogP) is 2.27. The lowest BCUT2D eigenvalue weighted by molar-refractivity contribution is 0.493. The second-order valence-electron chi connectivity index (χ2n) is 4.36. The van der Waals surface area contributed by atoms with E-state index in [0.29, 0.717) is 28.3 Å². The Morgan fingerprint density at radius 3 is 2.71 bits per heavy atom. The van der Waals surface area contributed by atoms with Crippen LogP contribution in [0.15, 0.2) is 6.20 Å². The summed E-state index contributed by atoms with van der Waals surface area (Å²) in [6.45, 7) is 8.35. The molecule has 1 aromatic heterocycles. The molecule has 1 aromatic rings. The van der Waals surface area contributed by atoms with Crippen LogP contribution in [0.1, 0.15) is 38.6 Å². The number of aryl methyl sites for hydroxylation is 1. The van der Waals surface area contributed by atoms with Crippen molar-refractivity contribution in [1.82, 2.24) is 9.97 Å². The molecule has 0 aliphatic carbocycles. The van der Waals surface area contributed by atoms with Crippen molar-refractivity contribution in [2.75, 3.05) is 5.32 Å². The normalized spacial score (nSPS) is 14.1. The molecular weight excluding hydrogens is 232 g/mol.